The summed E-state index contributed by atoms with van der Waals surface area (Å²) in [6, 6.07) is 2.62. The Labute approximate surface area is 110 Å². The van der Waals surface area contributed by atoms with Gasteiger partial charge in [0.2, 0.25) is 0 Å². The van der Waals surface area contributed by atoms with Gasteiger partial charge in [-0.15, -0.1) is 11.6 Å². The molecule has 2 nitrogen and oxygen atoms in total. The van der Waals surface area contributed by atoms with Gasteiger partial charge in [0, 0.05) is 12.4 Å². The lowest BCUT2D eigenvalue weighted by Gasteiger charge is -2.37. The van der Waals surface area contributed by atoms with Crippen LogP contribution in [-0.4, -0.2) is 25.8 Å². The van der Waals surface area contributed by atoms with Gasteiger partial charge in [0.25, 0.3) is 0 Å². The molecule has 0 radical (unpaired) electrons. The molecule has 0 aromatic heterocycles. The number of benzene rings is 1. The van der Waals surface area contributed by atoms with Gasteiger partial charge >= 0.3 is 0 Å². The average Bonchev–Trinajstić information content (AvgIpc) is 2.38. The maximum absolute atomic E-state index is 14.0. The quantitative estimate of drug-likeness (QED) is 0.785. The number of morpholine rings is 1. The Kier molecular flexibility index (Phi) is 4.40. The Balaban J connectivity index is 2.37. The molecule has 1 saturated heterocycles. The summed E-state index contributed by atoms with van der Waals surface area (Å²) in [7, 11) is 0. The fourth-order valence-corrected chi connectivity index (χ4v) is 2.41. The minimum absolute atomic E-state index is 0.0181. The van der Waals surface area contributed by atoms with Crippen molar-refractivity contribution in [3.63, 3.8) is 0 Å². The predicted octanol–water partition coefficient (Wildman–Crippen LogP) is 3.32. The minimum Gasteiger partial charge on any atom is -0.377 e. The van der Waals surface area contributed by atoms with E-state index in [4.69, 9.17) is 16.3 Å². The molecule has 1 heterocycles. The van der Waals surface area contributed by atoms with E-state index in [-0.39, 0.29) is 17.6 Å². The number of ether oxygens (including phenoxy) is 1. The van der Waals surface area contributed by atoms with Crippen LogP contribution in [0.3, 0.4) is 0 Å². The predicted molar refractivity (Wildman–Crippen MR) is 68.2 cm³/mol. The van der Waals surface area contributed by atoms with E-state index in [0.29, 0.717) is 25.3 Å². The molecule has 5 heteroatoms. The van der Waals surface area contributed by atoms with Crippen molar-refractivity contribution in [2.45, 2.75) is 25.3 Å². The van der Waals surface area contributed by atoms with Crippen LogP contribution < -0.4 is 4.90 Å². The smallest absolute Gasteiger partial charge is 0.149 e. The lowest BCUT2D eigenvalue weighted by atomic mass is 10.1. The Morgan fingerprint density at radius 3 is 2.61 bits per heavy atom. The zero-order chi connectivity index (χ0) is 13.1. The molecule has 0 bridgehead atoms. The van der Waals surface area contributed by atoms with Crippen molar-refractivity contribution in [1.82, 2.24) is 0 Å². The van der Waals surface area contributed by atoms with Gasteiger partial charge in [0.1, 0.15) is 17.3 Å². The van der Waals surface area contributed by atoms with Crippen LogP contribution in [0.5, 0.6) is 0 Å². The molecule has 1 aliphatic rings. The number of hydrogen-bond acceptors (Lipinski definition) is 2. The third-order valence-electron chi connectivity index (χ3n) is 3.22. The molecule has 0 amide bonds. The van der Waals surface area contributed by atoms with Gasteiger partial charge in [0.05, 0.1) is 19.3 Å². The monoisotopic (exact) mass is 275 g/mol. The van der Waals surface area contributed by atoms with E-state index in [2.05, 4.69) is 0 Å². The average molecular weight is 276 g/mol. The molecule has 1 aliphatic heterocycles. The maximum Gasteiger partial charge on any atom is 0.149 e. The SMILES string of the molecule is CCC1COCCN1c1c(F)cc(CCl)cc1F. The van der Waals surface area contributed by atoms with Crippen LogP contribution >= 0.6 is 11.6 Å². The summed E-state index contributed by atoms with van der Waals surface area (Å²) >= 11 is 5.60. The molecule has 1 unspecified atom stereocenters. The molecular weight excluding hydrogens is 260 g/mol. The molecule has 2 rings (SSSR count). The summed E-state index contributed by atoms with van der Waals surface area (Å²) in [6.45, 7) is 3.49. The van der Waals surface area contributed by atoms with Crippen LogP contribution in [0.4, 0.5) is 14.5 Å². The molecule has 100 valence electrons. The number of hydrogen-bond donors (Lipinski definition) is 0. The van der Waals surface area contributed by atoms with Crippen molar-refractivity contribution in [3.05, 3.63) is 29.3 Å². The fourth-order valence-electron chi connectivity index (χ4n) is 2.26. The number of alkyl halides is 1. The lowest BCUT2D eigenvalue weighted by Crippen LogP contribution is -2.46. The number of anilines is 1. The Morgan fingerprint density at radius 1 is 1.39 bits per heavy atom. The Hall–Kier alpha value is -0.870. The van der Waals surface area contributed by atoms with E-state index < -0.39 is 11.6 Å². The molecule has 18 heavy (non-hydrogen) atoms. The van der Waals surface area contributed by atoms with Crippen LogP contribution in [0.2, 0.25) is 0 Å². The number of rotatable bonds is 3. The van der Waals surface area contributed by atoms with Crippen molar-refractivity contribution >= 4 is 17.3 Å². The van der Waals surface area contributed by atoms with Gasteiger partial charge in [-0.3, -0.25) is 0 Å². The second-order valence-corrected chi connectivity index (χ2v) is 4.64. The van der Waals surface area contributed by atoms with Crippen molar-refractivity contribution in [2.75, 3.05) is 24.7 Å². The van der Waals surface area contributed by atoms with Gasteiger partial charge in [0.15, 0.2) is 0 Å². The van der Waals surface area contributed by atoms with Gasteiger partial charge < -0.3 is 9.64 Å². The van der Waals surface area contributed by atoms with Crippen LogP contribution in [-0.2, 0) is 10.6 Å². The zero-order valence-electron chi connectivity index (χ0n) is 10.3. The first-order valence-electron chi connectivity index (χ1n) is 6.05. The number of nitrogens with zero attached hydrogens (tertiary/aromatic N) is 1. The van der Waals surface area contributed by atoms with Crippen molar-refractivity contribution in [1.29, 1.82) is 0 Å². The van der Waals surface area contributed by atoms with E-state index in [1.807, 2.05) is 6.92 Å². The van der Waals surface area contributed by atoms with Crippen molar-refractivity contribution < 1.29 is 13.5 Å². The minimum atomic E-state index is -0.550. The Bertz CT molecular complexity index is 404. The van der Waals surface area contributed by atoms with Crippen LogP contribution in [0, 0.1) is 11.6 Å². The van der Waals surface area contributed by atoms with Crippen molar-refractivity contribution in [3.8, 4) is 0 Å². The highest BCUT2D eigenvalue weighted by molar-refractivity contribution is 6.17. The molecule has 1 fully saturated rings. The largest absolute Gasteiger partial charge is 0.377 e. The lowest BCUT2D eigenvalue weighted by molar-refractivity contribution is 0.0922. The fraction of sp³-hybridized carbons (Fsp3) is 0.538. The van der Waals surface area contributed by atoms with E-state index in [0.717, 1.165) is 6.42 Å². The summed E-state index contributed by atoms with van der Waals surface area (Å²) in [5.74, 6) is -0.994. The third-order valence-corrected chi connectivity index (χ3v) is 3.53. The van der Waals surface area contributed by atoms with Gasteiger partial charge in [-0.2, -0.15) is 0 Å². The molecule has 1 aromatic carbocycles. The third kappa shape index (κ3) is 2.59. The highest BCUT2D eigenvalue weighted by Crippen LogP contribution is 2.29. The van der Waals surface area contributed by atoms with E-state index in [1.54, 1.807) is 4.90 Å². The first-order chi connectivity index (χ1) is 8.67. The summed E-state index contributed by atoms with van der Waals surface area (Å²) < 4.78 is 33.4. The van der Waals surface area contributed by atoms with Crippen molar-refractivity contribution in [2.24, 2.45) is 0 Å². The molecule has 0 saturated carbocycles. The summed E-state index contributed by atoms with van der Waals surface area (Å²) in [5.41, 5.74) is 0.496. The van der Waals surface area contributed by atoms with Gasteiger partial charge in [-0.1, -0.05) is 6.92 Å². The second-order valence-electron chi connectivity index (χ2n) is 4.37. The first kappa shape index (κ1) is 13.6. The second kappa shape index (κ2) is 5.85. The summed E-state index contributed by atoms with van der Waals surface area (Å²) in [6.07, 6.45) is 0.788. The highest BCUT2D eigenvalue weighted by atomic mass is 35.5. The Morgan fingerprint density at radius 2 is 2.06 bits per heavy atom. The van der Waals surface area contributed by atoms with Crippen LogP contribution in [0.25, 0.3) is 0 Å². The molecule has 0 aliphatic carbocycles. The summed E-state index contributed by atoms with van der Waals surface area (Å²) in [5, 5.41) is 0. The number of halogens is 3. The normalized spacial score (nSPS) is 20.2. The van der Waals surface area contributed by atoms with Crippen LogP contribution in [0.15, 0.2) is 12.1 Å². The maximum atomic E-state index is 14.0. The van der Waals surface area contributed by atoms with Gasteiger partial charge in [-0.25, -0.2) is 8.78 Å². The van der Waals surface area contributed by atoms with Gasteiger partial charge in [-0.05, 0) is 24.1 Å². The topological polar surface area (TPSA) is 12.5 Å². The van der Waals surface area contributed by atoms with Crippen LogP contribution in [0.1, 0.15) is 18.9 Å². The molecular formula is C13H16ClF2NO. The zero-order valence-corrected chi connectivity index (χ0v) is 11.0. The molecule has 1 atom stereocenters. The molecule has 1 aromatic rings. The highest BCUT2D eigenvalue weighted by Gasteiger charge is 2.26. The van der Waals surface area contributed by atoms with E-state index in [9.17, 15) is 8.78 Å². The summed E-state index contributed by atoms with van der Waals surface area (Å²) in [4.78, 5) is 1.76. The molecule has 0 spiro atoms. The molecule has 0 N–H and O–H groups in total. The standard InChI is InChI=1S/C13H16ClF2NO/c1-2-10-8-18-4-3-17(10)13-11(15)5-9(7-14)6-12(13)16/h5-6,10H,2-4,7-8H2,1H3. The van der Waals surface area contributed by atoms with E-state index in [1.165, 1.54) is 12.1 Å². The first-order valence-corrected chi connectivity index (χ1v) is 6.59. The van der Waals surface area contributed by atoms with E-state index >= 15 is 0 Å².